The molecule has 4 heteroatoms. The number of ether oxygens (including phenoxy) is 1. The first-order valence-electron chi connectivity index (χ1n) is 6.35. The third-order valence-electron chi connectivity index (χ3n) is 2.64. The Balaban J connectivity index is 2.55. The summed E-state index contributed by atoms with van der Waals surface area (Å²) >= 11 is 0. The van der Waals surface area contributed by atoms with Crippen LogP contribution in [0.25, 0.3) is 0 Å². The molecule has 1 aromatic rings. The molecule has 2 N–H and O–H groups in total. The molecule has 0 saturated carbocycles. The Kier molecular flexibility index (Phi) is 6.22. The van der Waals surface area contributed by atoms with Gasteiger partial charge in [0.25, 0.3) is 0 Å². The highest BCUT2D eigenvalue weighted by atomic mass is 16.5. The minimum absolute atomic E-state index is 0.481. The molecule has 0 aliphatic rings. The summed E-state index contributed by atoms with van der Waals surface area (Å²) < 4.78 is 5.40. The number of carboxylic acid groups (broad SMARTS) is 1. The van der Waals surface area contributed by atoms with Crippen molar-refractivity contribution in [2.75, 3.05) is 6.61 Å². The van der Waals surface area contributed by atoms with Gasteiger partial charge in [0.05, 0.1) is 6.61 Å². The van der Waals surface area contributed by atoms with Crippen molar-refractivity contribution in [1.82, 2.24) is 5.32 Å². The first-order valence-corrected chi connectivity index (χ1v) is 6.35. The van der Waals surface area contributed by atoms with Gasteiger partial charge in [-0.3, -0.25) is 4.79 Å². The van der Waals surface area contributed by atoms with Gasteiger partial charge in [0, 0.05) is 6.54 Å². The first-order chi connectivity index (χ1) is 8.67. The first kappa shape index (κ1) is 14.5. The third-order valence-corrected chi connectivity index (χ3v) is 2.64. The molecule has 1 aromatic carbocycles. The minimum atomic E-state index is -0.794. The maximum atomic E-state index is 11.0. The Hall–Kier alpha value is -1.55. The Morgan fingerprint density at radius 2 is 2.22 bits per heavy atom. The highest BCUT2D eigenvalue weighted by molar-refractivity contribution is 5.73. The Morgan fingerprint density at radius 3 is 2.83 bits per heavy atom. The Bertz CT molecular complexity index is 379. The molecular formula is C14H21NO3. The van der Waals surface area contributed by atoms with Crippen molar-refractivity contribution in [2.24, 2.45) is 0 Å². The molecule has 1 unspecified atom stereocenters. The normalized spacial score (nSPS) is 12.1. The van der Waals surface area contributed by atoms with Crippen LogP contribution in [-0.2, 0) is 11.3 Å². The van der Waals surface area contributed by atoms with E-state index in [4.69, 9.17) is 9.84 Å². The van der Waals surface area contributed by atoms with Crippen LogP contribution < -0.4 is 10.1 Å². The van der Waals surface area contributed by atoms with Crippen molar-refractivity contribution < 1.29 is 14.6 Å². The van der Waals surface area contributed by atoms with E-state index in [9.17, 15) is 4.79 Å². The van der Waals surface area contributed by atoms with Crippen LogP contribution in [0, 0.1) is 0 Å². The molecule has 0 amide bonds. The Labute approximate surface area is 108 Å². The maximum Gasteiger partial charge on any atom is 0.320 e. The molecule has 100 valence electrons. The number of rotatable bonds is 8. The van der Waals surface area contributed by atoms with Crippen LogP contribution in [0.1, 0.15) is 32.3 Å². The number of benzene rings is 1. The van der Waals surface area contributed by atoms with Crippen LogP contribution in [0.4, 0.5) is 0 Å². The van der Waals surface area contributed by atoms with E-state index in [1.807, 2.05) is 38.1 Å². The molecule has 0 aromatic heterocycles. The zero-order valence-corrected chi connectivity index (χ0v) is 11.0. The van der Waals surface area contributed by atoms with Gasteiger partial charge in [-0.15, -0.1) is 0 Å². The summed E-state index contributed by atoms with van der Waals surface area (Å²) in [5, 5.41) is 12.1. The number of aliphatic carboxylic acids is 1. The molecule has 0 aliphatic carbocycles. The zero-order chi connectivity index (χ0) is 13.4. The van der Waals surface area contributed by atoms with Crippen LogP contribution in [0.2, 0.25) is 0 Å². The second-order valence-corrected chi connectivity index (χ2v) is 4.14. The molecule has 0 aliphatic heterocycles. The van der Waals surface area contributed by atoms with E-state index in [2.05, 4.69) is 5.32 Å². The molecule has 1 rings (SSSR count). The van der Waals surface area contributed by atoms with E-state index in [0.29, 0.717) is 19.6 Å². The average Bonchev–Trinajstić information content (AvgIpc) is 2.35. The molecule has 4 nitrogen and oxygen atoms in total. The zero-order valence-electron chi connectivity index (χ0n) is 11.0. The van der Waals surface area contributed by atoms with E-state index in [-0.39, 0.29) is 0 Å². The molecule has 1 atom stereocenters. The molecule has 0 spiro atoms. The average molecular weight is 251 g/mol. The van der Waals surface area contributed by atoms with E-state index in [1.54, 1.807) is 0 Å². The molecule has 18 heavy (non-hydrogen) atoms. The summed E-state index contributed by atoms with van der Waals surface area (Å²) in [5.41, 5.74) is 1.03. The van der Waals surface area contributed by atoms with Crippen molar-refractivity contribution >= 4 is 5.97 Å². The lowest BCUT2D eigenvalue weighted by atomic mass is 10.1. The van der Waals surface area contributed by atoms with Crippen LogP contribution in [-0.4, -0.2) is 23.7 Å². The third kappa shape index (κ3) is 4.75. The van der Waals surface area contributed by atoms with Gasteiger partial charge in [-0.25, -0.2) is 0 Å². The van der Waals surface area contributed by atoms with Gasteiger partial charge in [0.15, 0.2) is 0 Å². The highest BCUT2D eigenvalue weighted by Gasteiger charge is 2.14. The van der Waals surface area contributed by atoms with Crippen LogP contribution in [0.3, 0.4) is 0 Å². The largest absolute Gasteiger partial charge is 0.494 e. The fourth-order valence-electron chi connectivity index (χ4n) is 1.75. The van der Waals surface area contributed by atoms with Gasteiger partial charge >= 0.3 is 5.97 Å². The number of carboxylic acids is 1. The van der Waals surface area contributed by atoms with E-state index >= 15 is 0 Å². The van der Waals surface area contributed by atoms with E-state index < -0.39 is 12.0 Å². The summed E-state index contributed by atoms with van der Waals surface area (Å²) in [4.78, 5) is 11.0. The second kappa shape index (κ2) is 7.71. The SMILES string of the molecule is CCCC(NCc1cccc(OCC)c1)C(=O)O. The summed E-state index contributed by atoms with van der Waals surface area (Å²) in [7, 11) is 0. The predicted octanol–water partition coefficient (Wildman–Crippen LogP) is 2.43. The molecule has 0 heterocycles. The fraction of sp³-hybridized carbons (Fsp3) is 0.500. The summed E-state index contributed by atoms with van der Waals surface area (Å²) in [6.07, 6.45) is 1.49. The van der Waals surface area contributed by atoms with Crippen molar-refractivity contribution in [3.8, 4) is 5.75 Å². The van der Waals surface area contributed by atoms with Gasteiger partial charge < -0.3 is 15.2 Å². The van der Waals surface area contributed by atoms with Crippen molar-refractivity contribution in [3.63, 3.8) is 0 Å². The van der Waals surface area contributed by atoms with Crippen LogP contribution in [0.5, 0.6) is 5.75 Å². The van der Waals surface area contributed by atoms with Gasteiger partial charge in [0.2, 0.25) is 0 Å². The minimum Gasteiger partial charge on any atom is -0.494 e. The second-order valence-electron chi connectivity index (χ2n) is 4.14. The quantitative estimate of drug-likeness (QED) is 0.745. The van der Waals surface area contributed by atoms with Gasteiger partial charge in [-0.2, -0.15) is 0 Å². The van der Waals surface area contributed by atoms with Gasteiger partial charge in [-0.05, 0) is 31.0 Å². The molecule has 0 saturated heterocycles. The lowest BCUT2D eigenvalue weighted by molar-refractivity contribution is -0.139. The van der Waals surface area contributed by atoms with Gasteiger partial charge in [-0.1, -0.05) is 25.5 Å². The molecule has 0 radical (unpaired) electrons. The number of hydrogen-bond donors (Lipinski definition) is 2. The summed E-state index contributed by atoms with van der Waals surface area (Å²) in [6.45, 7) is 5.09. The standard InChI is InChI=1S/C14H21NO3/c1-3-6-13(14(16)17)15-10-11-7-5-8-12(9-11)18-4-2/h5,7-9,13,15H,3-4,6,10H2,1-2H3,(H,16,17). The lowest BCUT2D eigenvalue weighted by Crippen LogP contribution is -2.35. The van der Waals surface area contributed by atoms with Crippen molar-refractivity contribution in [1.29, 1.82) is 0 Å². The number of carbonyl (C=O) groups is 1. The number of nitrogens with one attached hydrogen (secondary N) is 1. The van der Waals surface area contributed by atoms with Crippen LogP contribution >= 0.6 is 0 Å². The van der Waals surface area contributed by atoms with Crippen molar-refractivity contribution in [3.05, 3.63) is 29.8 Å². The molecule has 0 fully saturated rings. The fourth-order valence-corrected chi connectivity index (χ4v) is 1.75. The molecular weight excluding hydrogens is 230 g/mol. The van der Waals surface area contributed by atoms with E-state index in [1.165, 1.54) is 0 Å². The maximum absolute atomic E-state index is 11.0. The summed E-state index contributed by atoms with van der Waals surface area (Å²) in [5.74, 6) is 0.0250. The van der Waals surface area contributed by atoms with E-state index in [0.717, 1.165) is 17.7 Å². The smallest absolute Gasteiger partial charge is 0.320 e. The predicted molar refractivity (Wildman–Crippen MR) is 70.8 cm³/mol. The van der Waals surface area contributed by atoms with Gasteiger partial charge in [0.1, 0.15) is 11.8 Å². The van der Waals surface area contributed by atoms with Crippen molar-refractivity contribution in [2.45, 2.75) is 39.3 Å². The lowest BCUT2D eigenvalue weighted by Gasteiger charge is -2.14. The topological polar surface area (TPSA) is 58.6 Å². The Morgan fingerprint density at radius 1 is 1.44 bits per heavy atom. The molecule has 0 bridgehead atoms. The highest BCUT2D eigenvalue weighted by Crippen LogP contribution is 2.13. The monoisotopic (exact) mass is 251 g/mol. The summed E-state index contributed by atoms with van der Waals surface area (Å²) in [6, 6.07) is 7.22. The number of hydrogen-bond acceptors (Lipinski definition) is 3. The van der Waals surface area contributed by atoms with Crippen LogP contribution in [0.15, 0.2) is 24.3 Å².